The second-order valence-corrected chi connectivity index (χ2v) is 5.03. The van der Waals surface area contributed by atoms with E-state index in [4.69, 9.17) is 9.47 Å². The molecule has 0 atom stereocenters. The van der Waals surface area contributed by atoms with Gasteiger partial charge in [0.25, 0.3) is 0 Å². The first-order chi connectivity index (χ1) is 11.1. The molecular weight excluding hydrogens is 292 g/mol. The molecule has 0 saturated heterocycles. The van der Waals surface area contributed by atoms with Crippen molar-refractivity contribution in [1.29, 1.82) is 0 Å². The largest absolute Gasteiger partial charge is 0.493 e. The van der Waals surface area contributed by atoms with E-state index in [1.165, 1.54) is 5.56 Å². The van der Waals surface area contributed by atoms with E-state index in [-0.39, 0.29) is 5.57 Å². The van der Waals surface area contributed by atoms with E-state index in [1.807, 2.05) is 24.3 Å². The molecule has 0 bridgehead atoms. The Morgan fingerprint density at radius 1 is 1.04 bits per heavy atom. The SMILES string of the molecule is CCc1ccc(/C(=C/c2ccc(OC)c(OC)c2)C(=O)O)cc1. The van der Waals surface area contributed by atoms with Crippen LogP contribution in [0.4, 0.5) is 0 Å². The van der Waals surface area contributed by atoms with Gasteiger partial charge in [-0.1, -0.05) is 37.3 Å². The summed E-state index contributed by atoms with van der Waals surface area (Å²) in [5, 5.41) is 9.52. The molecule has 23 heavy (non-hydrogen) atoms. The van der Waals surface area contributed by atoms with Gasteiger partial charge in [-0.05, 0) is 41.3 Å². The summed E-state index contributed by atoms with van der Waals surface area (Å²) in [7, 11) is 3.11. The highest BCUT2D eigenvalue weighted by Gasteiger charge is 2.11. The van der Waals surface area contributed by atoms with E-state index in [1.54, 1.807) is 38.5 Å². The number of methoxy groups -OCH3 is 2. The minimum atomic E-state index is -0.968. The number of rotatable bonds is 6. The van der Waals surface area contributed by atoms with Crippen LogP contribution in [0.1, 0.15) is 23.6 Å². The summed E-state index contributed by atoms with van der Waals surface area (Å²) in [6, 6.07) is 12.9. The van der Waals surface area contributed by atoms with Crippen molar-refractivity contribution in [2.45, 2.75) is 13.3 Å². The molecule has 4 heteroatoms. The highest BCUT2D eigenvalue weighted by atomic mass is 16.5. The first-order valence-electron chi connectivity index (χ1n) is 7.35. The molecule has 2 rings (SSSR count). The van der Waals surface area contributed by atoms with Crippen molar-refractivity contribution in [1.82, 2.24) is 0 Å². The first kappa shape index (κ1) is 16.6. The fraction of sp³-hybridized carbons (Fsp3) is 0.211. The van der Waals surface area contributed by atoms with Gasteiger partial charge in [0.1, 0.15) is 0 Å². The maximum absolute atomic E-state index is 11.6. The van der Waals surface area contributed by atoms with Crippen LogP contribution in [0.5, 0.6) is 11.5 Å². The minimum Gasteiger partial charge on any atom is -0.493 e. The zero-order valence-electron chi connectivity index (χ0n) is 13.5. The van der Waals surface area contributed by atoms with Crippen LogP contribution in [-0.4, -0.2) is 25.3 Å². The van der Waals surface area contributed by atoms with Gasteiger partial charge in [0.2, 0.25) is 0 Å². The molecular formula is C19H20O4. The Balaban J connectivity index is 2.44. The zero-order chi connectivity index (χ0) is 16.8. The van der Waals surface area contributed by atoms with E-state index in [2.05, 4.69) is 6.92 Å². The van der Waals surface area contributed by atoms with Gasteiger partial charge in [-0.2, -0.15) is 0 Å². The van der Waals surface area contributed by atoms with Crippen molar-refractivity contribution in [3.05, 3.63) is 59.2 Å². The predicted molar refractivity (Wildman–Crippen MR) is 90.9 cm³/mol. The number of hydrogen-bond acceptors (Lipinski definition) is 3. The molecule has 0 aliphatic rings. The van der Waals surface area contributed by atoms with Gasteiger partial charge < -0.3 is 14.6 Å². The molecule has 0 heterocycles. The average Bonchev–Trinajstić information content (AvgIpc) is 2.59. The number of aliphatic carboxylic acids is 1. The minimum absolute atomic E-state index is 0.236. The molecule has 120 valence electrons. The number of aryl methyl sites for hydroxylation is 1. The highest BCUT2D eigenvalue weighted by molar-refractivity contribution is 6.20. The average molecular weight is 312 g/mol. The summed E-state index contributed by atoms with van der Waals surface area (Å²) in [6.45, 7) is 2.06. The zero-order valence-corrected chi connectivity index (χ0v) is 13.5. The van der Waals surface area contributed by atoms with Crippen molar-refractivity contribution in [2.75, 3.05) is 14.2 Å². The quantitative estimate of drug-likeness (QED) is 0.649. The molecule has 0 aliphatic heterocycles. The Kier molecular flexibility index (Phi) is 5.41. The van der Waals surface area contributed by atoms with Crippen molar-refractivity contribution in [3.8, 4) is 11.5 Å². The molecule has 0 aliphatic carbocycles. The van der Waals surface area contributed by atoms with E-state index in [0.29, 0.717) is 17.1 Å². The van der Waals surface area contributed by atoms with Gasteiger partial charge in [-0.3, -0.25) is 0 Å². The van der Waals surface area contributed by atoms with Gasteiger partial charge in [-0.15, -0.1) is 0 Å². The fourth-order valence-electron chi connectivity index (χ4n) is 2.30. The fourth-order valence-corrected chi connectivity index (χ4v) is 2.30. The lowest BCUT2D eigenvalue weighted by Gasteiger charge is -2.09. The van der Waals surface area contributed by atoms with Crippen molar-refractivity contribution >= 4 is 17.6 Å². The van der Waals surface area contributed by atoms with Crippen LogP contribution < -0.4 is 9.47 Å². The smallest absolute Gasteiger partial charge is 0.336 e. The topological polar surface area (TPSA) is 55.8 Å². The summed E-state index contributed by atoms with van der Waals surface area (Å²) in [6.07, 6.45) is 2.55. The molecule has 0 fully saturated rings. The third kappa shape index (κ3) is 3.92. The Hall–Kier alpha value is -2.75. The summed E-state index contributed by atoms with van der Waals surface area (Å²) >= 11 is 0. The Morgan fingerprint density at radius 3 is 2.22 bits per heavy atom. The second kappa shape index (κ2) is 7.49. The van der Waals surface area contributed by atoms with E-state index < -0.39 is 5.97 Å². The number of benzene rings is 2. The maximum atomic E-state index is 11.6. The maximum Gasteiger partial charge on any atom is 0.336 e. The van der Waals surface area contributed by atoms with Gasteiger partial charge in [-0.25, -0.2) is 4.79 Å². The first-order valence-corrected chi connectivity index (χ1v) is 7.35. The molecule has 4 nitrogen and oxygen atoms in total. The van der Waals surface area contributed by atoms with Crippen LogP contribution in [0.25, 0.3) is 11.6 Å². The lowest BCUT2D eigenvalue weighted by atomic mass is 10.0. The third-order valence-electron chi connectivity index (χ3n) is 3.62. The monoisotopic (exact) mass is 312 g/mol. The number of carboxylic acid groups (broad SMARTS) is 1. The Morgan fingerprint density at radius 2 is 1.70 bits per heavy atom. The van der Waals surface area contributed by atoms with E-state index in [0.717, 1.165) is 12.0 Å². The summed E-state index contributed by atoms with van der Waals surface area (Å²) in [5.41, 5.74) is 2.81. The number of carboxylic acids is 1. The van der Waals surface area contributed by atoms with Crippen LogP contribution in [0.3, 0.4) is 0 Å². The van der Waals surface area contributed by atoms with Crippen molar-refractivity contribution in [2.24, 2.45) is 0 Å². The summed E-state index contributed by atoms with van der Waals surface area (Å²) in [5.74, 6) is 0.199. The third-order valence-corrected chi connectivity index (χ3v) is 3.62. The van der Waals surface area contributed by atoms with Crippen LogP contribution in [0.15, 0.2) is 42.5 Å². The molecule has 0 amide bonds. The number of carbonyl (C=O) groups is 1. The molecule has 0 saturated carbocycles. The van der Waals surface area contributed by atoms with Crippen molar-refractivity contribution < 1.29 is 19.4 Å². The van der Waals surface area contributed by atoms with E-state index in [9.17, 15) is 9.90 Å². The molecule has 2 aromatic rings. The Bertz CT molecular complexity index is 715. The molecule has 0 unspecified atom stereocenters. The van der Waals surface area contributed by atoms with Gasteiger partial charge in [0, 0.05) is 0 Å². The standard InChI is InChI=1S/C19H20O4/c1-4-13-5-8-15(9-6-13)16(19(20)21)11-14-7-10-17(22-2)18(12-14)23-3/h5-12H,4H2,1-3H3,(H,20,21)/b16-11-. The van der Waals surface area contributed by atoms with Crippen LogP contribution in [-0.2, 0) is 11.2 Å². The van der Waals surface area contributed by atoms with Crippen LogP contribution >= 0.6 is 0 Å². The predicted octanol–water partition coefficient (Wildman–Crippen LogP) is 3.89. The molecule has 1 N–H and O–H groups in total. The summed E-state index contributed by atoms with van der Waals surface area (Å²) < 4.78 is 10.4. The van der Waals surface area contributed by atoms with Gasteiger partial charge in [0.05, 0.1) is 19.8 Å². The molecule has 2 aromatic carbocycles. The number of ether oxygens (including phenoxy) is 2. The molecule has 0 aromatic heterocycles. The van der Waals surface area contributed by atoms with E-state index >= 15 is 0 Å². The highest BCUT2D eigenvalue weighted by Crippen LogP contribution is 2.29. The van der Waals surface area contributed by atoms with Gasteiger partial charge >= 0.3 is 5.97 Å². The lowest BCUT2D eigenvalue weighted by Crippen LogP contribution is -2.00. The normalized spacial score (nSPS) is 11.2. The molecule has 0 radical (unpaired) electrons. The second-order valence-electron chi connectivity index (χ2n) is 5.03. The van der Waals surface area contributed by atoms with Crippen LogP contribution in [0, 0.1) is 0 Å². The van der Waals surface area contributed by atoms with Crippen molar-refractivity contribution in [3.63, 3.8) is 0 Å². The Labute approximate surface area is 136 Å². The number of hydrogen-bond donors (Lipinski definition) is 1. The summed E-state index contributed by atoms with van der Waals surface area (Å²) in [4.78, 5) is 11.6. The lowest BCUT2D eigenvalue weighted by molar-refractivity contribution is -0.130. The van der Waals surface area contributed by atoms with Gasteiger partial charge in [0.15, 0.2) is 11.5 Å². The molecule has 0 spiro atoms. The van der Waals surface area contributed by atoms with Crippen LogP contribution in [0.2, 0.25) is 0 Å².